The minimum absolute atomic E-state index is 0.180. The third-order valence-electron chi connectivity index (χ3n) is 5.33. The van der Waals surface area contributed by atoms with Crippen LogP contribution < -0.4 is 10.6 Å². The Morgan fingerprint density at radius 2 is 2.00 bits per heavy atom. The number of aryl methyl sites for hydroxylation is 1. The van der Waals surface area contributed by atoms with Crippen LogP contribution in [0, 0.1) is 12.8 Å². The minimum atomic E-state index is -1.13. The molecule has 0 radical (unpaired) electrons. The van der Waals surface area contributed by atoms with E-state index in [0.717, 1.165) is 23.4 Å². The second kappa shape index (κ2) is 7.07. The summed E-state index contributed by atoms with van der Waals surface area (Å²) >= 11 is 0. The van der Waals surface area contributed by atoms with Gasteiger partial charge >= 0.3 is 6.03 Å². The molecule has 0 saturated carbocycles. The van der Waals surface area contributed by atoms with E-state index < -0.39 is 11.6 Å². The van der Waals surface area contributed by atoms with Gasteiger partial charge in [0.1, 0.15) is 12.1 Å². The Balaban J connectivity index is 1.69. The number of imide groups is 1. The van der Waals surface area contributed by atoms with Crippen molar-refractivity contribution in [2.24, 2.45) is 5.92 Å². The van der Waals surface area contributed by atoms with Crippen molar-refractivity contribution >= 4 is 17.8 Å². The third-order valence-corrected chi connectivity index (χ3v) is 5.33. The van der Waals surface area contributed by atoms with Gasteiger partial charge in [0.25, 0.3) is 5.91 Å². The number of carbonyl (C=O) groups excluding carboxylic acids is 3. The van der Waals surface area contributed by atoms with Crippen molar-refractivity contribution < 1.29 is 14.4 Å². The van der Waals surface area contributed by atoms with Gasteiger partial charge in [-0.05, 0) is 45.3 Å². The van der Waals surface area contributed by atoms with Crippen LogP contribution in [0.25, 0.3) is 0 Å². The zero-order valence-electron chi connectivity index (χ0n) is 15.5. The van der Waals surface area contributed by atoms with Gasteiger partial charge in [0.15, 0.2) is 0 Å². The van der Waals surface area contributed by atoms with Crippen LogP contribution in [0.3, 0.4) is 0 Å². The molecule has 2 unspecified atom stereocenters. The first kappa shape index (κ1) is 18.4. The number of nitrogens with zero attached hydrogens (tertiary/aromatic N) is 2. The lowest BCUT2D eigenvalue weighted by Crippen LogP contribution is -2.44. The normalized spacial score (nSPS) is 25.7. The van der Waals surface area contributed by atoms with Crippen molar-refractivity contribution in [2.45, 2.75) is 25.8 Å². The highest BCUT2D eigenvalue weighted by Gasteiger charge is 2.49. The number of benzene rings is 1. The molecule has 0 aliphatic carbocycles. The van der Waals surface area contributed by atoms with Crippen LogP contribution in [-0.2, 0) is 15.1 Å². The molecule has 140 valence electrons. The van der Waals surface area contributed by atoms with Crippen molar-refractivity contribution in [1.82, 2.24) is 20.4 Å². The molecule has 2 aliphatic rings. The topological polar surface area (TPSA) is 81.8 Å². The molecule has 2 atom stereocenters. The predicted molar refractivity (Wildman–Crippen MR) is 97.4 cm³/mol. The van der Waals surface area contributed by atoms with E-state index in [1.54, 1.807) is 11.8 Å². The Hall–Kier alpha value is -2.41. The fraction of sp³-hybridized carbons (Fsp3) is 0.526. The summed E-state index contributed by atoms with van der Waals surface area (Å²) in [6.07, 6.45) is 0.938. The third kappa shape index (κ3) is 3.31. The summed E-state index contributed by atoms with van der Waals surface area (Å²) in [5.41, 5.74) is 0.656. The Morgan fingerprint density at radius 1 is 1.31 bits per heavy atom. The molecule has 3 rings (SSSR count). The van der Waals surface area contributed by atoms with Crippen molar-refractivity contribution in [3.8, 4) is 0 Å². The van der Waals surface area contributed by atoms with E-state index in [1.165, 1.54) is 0 Å². The zero-order valence-corrected chi connectivity index (χ0v) is 15.5. The van der Waals surface area contributed by atoms with Gasteiger partial charge in [0.05, 0.1) is 0 Å². The molecule has 4 amide bonds. The summed E-state index contributed by atoms with van der Waals surface area (Å²) in [6, 6.07) is 6.96. The average Bonchev–Trinajstić information content (AvgIpc) is 3.15. The van der Waals surface area contributed by atoms with Crippen LogP contribution in [0.4, 0.5) is 4.79 Å². The van der Waals surface area contributed by atoms with Gasteiger partial charge in [-0.3, -0.25) is 14.5 Å². The van der Waals surface area contributed by atoms with Gasteiger partial charge in [0, 0.05) is 13.1 Å². The molecule has 7 heteroatoms. The standard InChI is InChI=1S/C19H26N4O3/c1-13-4-6-15(7-5-13)19(2)17(25)23(18(26)21-19)12-16(24)22-9-8-14(11-22)10-20-3/h4-7,14,20H,8-12H2,1-3H3,(H,21,26). The SMILES string of the molecule is CNCC1CCN(C(=O)CN2C(=O)NC(C)(c3ccc(C)cc3)C2=O)C1. The molecule has 7 nitrogen and oxygen atoms in total. The summed E-state index contributed by atoms with van der Waals surface area (Å²) in [4.78, 5) is 40.6. The highest BCUT2D eigenvalue weighted by atomic mass is 16.2. The first-order valence-electron chi connectivity index (χ1n) is 8.99. The van der Waals surface area contributed by atoms with Gasteiger partial charge in [0.2, 0.25) is 5.91 Å². The second-order valence-electron chi connectivity index (χ2n) is 7.36. The highest BCUT2D eigenvalue weighted by Crippen LogP contribution is 2.29. The number of hydrogen-bond acceptors (Lipinski definition) is 4. The maximum atomic E-state index is 12.9. The lowest BCUT2D eigenvalue weighted by atomic mass is 9.91. The van der Waals surface area contributed by atoms with Crippen molar-refractivity contribution in [1.29, 1.82) is 0 Å². The van der Waals surface area contributed by atoms with Gasteiger partial charge in [-0.1, -0.05) is 29.8 Å². The number of hydrogen-bond donors (Lipinski definition) is 2. The maximum absolute atomic E-state index is 12.9. The van der Waals surface area contributed by atoms with E-state index in [1.807, 2.05) is 38.2 Å². The van der Waals surface area contributed by atoms with Crippen LogP contribution in [0.2, 0.25) is 0 Å². The van der Waals surface area contributed by atoms with Gasteiger partial charge in [-0.2, -0.15) is 0 Å². The summed E-state index contributed by atoms with van der Waals surface area (Å²) < 4.78 is 0. The fourth-order valence-corrected chi connectivity index (χ4v) is 3.67. The molecule has 0 spiro atoms. The van der Waals surface area contributed by atoms with E-state index in [-0.39, 0.29) is 18.4 Å². The monoisotopic (exact) mass is 358 g/mol. The summed E-state index contributed by atoms with van der Waals surface area (Å²) in [5, 5.41) is 5.87. The minimum Gasteiger partial charge on any atom is -0.341 e. The lowest BCUT2D eigenvalue weighted by molar-refractivity contribution is -0.138. The number of amides is 4. The van der Waals surface area contributed by atoms with Gasteiger partial charge in [-0.15, -0.1) is 0 Å². The largest absolute Gasteiger partial charge is 0.341 e. The first-order valence-corrected chi connectivity index (χ1v) is 8.99. The number of rotatable bonds is 5. The van der Waals surface area contributed by atoms with Crippen molar-refractivity contribution in [3.05, 3.63) is 35.4 Å². The molecular formula is C19H26N4O3. The molecule has 2 aliphatic heterocycles. The van der Waals surface area contributed by atoms with Crippen molar-refractivity contribution in [2.75, 3.05) is 33.2 Å². The molecule has 2 saturated heterocycles. The van der Waals surface area contributed by atoms with Gasteiger partial charge < -0.3 is 15.5 Å². The Kier molecular flexibility index (Phi) is 5.00. The van der Waals surface area contributed by atoms with Crippen LogP contribution in [-0.4, -0.2) is 60.9 Å². The Bertz CT molecular complexity index is 718. The molecule has 0 bridgehead atoms. The second-order valence-corrected chi connectivity index (χ2v) is 7.36. The number of likely N-dealkylation sites (tertiary alicyclic amines) is 1. The highest BCUT2D eigenvalue weighted by molar-refractivity contribution is 6.09. The smallest absolute Gasteiger partial charge is 0.325 e. The zero-order chi connectivity index (χ0) is 18.9. The average molecular weight is 358 g/mol. The van der Waals surface area contributed by atoms with E-state index in [0.29, 0.717) is 24.6 Å². The number of urea groups is 1. The molecule has 1 aromatic carbocycles. The predicted octanol–water partition coefficient (Wildman–Crippen LogP) is 0.830. The summed E-state index contributed by atoms with van der Waals surface area (Å²) in [7, 11) is 1.89. The van der Waals surface area contributed by atoms with Crippen molar-refractivity contribution in [3.63, 3.8) is 0 Å². The molecule has 2 N–H and O–H groups in total. The van der Waals surface area contributed by atoms with E-state index in [4.69, 9.17) is 0 Å². The van der Waals surface area contributed by atoms with Gasteiger partial charge in [-0.25, -0.2) is 4.79 Å². The fourth-order valence-electron chi connectivity index (χ4n) is 3.67. The molecule has 0 aromatic heterocycles. The molecule has 2 fully saturated rings. The molecule has 26 heavy (non-hydrogen) atoms. The Labute approximate surface area is 153 Å². The molecule has 2 heterocycles. The van der Waals surface area contributed by atoms with Crippen LogP contribution in [0.1, 0.15) is 24.5 Å². The first-order chi connectivity index (χ1) is 12.3. The molecular weight excluding hydrogens is 332 g/mol. The maximum Gasteiger partial charge on any atom is 0.325 e. The Morgan fingerprint density at radius 3 is 2.65 bits per heavy atom. The van der Waals surface area contributed by atoms with Crippen LogP contribution in [0.15, 0.2) is 24.3 Å². The van der Waals surface area contributed by atoms with Crippen LogP contribution >= 0.6 is 0 Å². The van der Waals surface area contributed by atoms with E-state index in [2.05, 4.69) is 10.6 Å². The lowest BCUT2D eigenvalue weighted by Gasteiger charge is -2.23. The summed E-state index contributed by atoms with van der Waals surface area (Å²) in [6.45, 7) is 5.63. The molecule has 1 aromatic rings. The van der Waals surface area contributed by atoms with Crippen LogP contribution in [0.5, 0.6) is 0 Å². The van der Waals surface area contributed by atoms with E-state index >= 15 is 0 Å². The van der Waals surface area contributed by atoms with E-state index in [9.17, 15) is 14.4 Å². The number of nitrogens with one attached hydrogen (secondary N) is 2. The summed E-state index contributed by atoms with van der Waals surface area (Å²) in [5.74, 6) is -0.143. The quantitative estimate of drug-likeness (QED) is 0.764. The number of carbonyl (C=O) groups is 3.